The van der Waals surface area contributed by atoms with Gasteiger partial charge in [0.15, 0.2) is 9.84 Å². The number of nitrogens with one attached hydrogen (secondary N) is 1. The SMILES string of the molecule is CC(C)Oc1ccc(NC2CCCC2S(C)(=O)=O)cc1Cl. The number of benzene rings is 1. The third-order valence-electron chi connectivity index (χ3n) is 3.65. The molecule has 2 rings (SSSR count). The van der Waals surface area contributed by atoms with E-state index in [0.717, 1.165) is 24.9 Å². The number of hydrogen-bond donors (Lipinski definition) is 1. The zero-order chi connectivity index (χ0) is 15.6. The number of sulfone groups is 1. The van der Waals surface area contributed by atoms with Crippen LogP contribution in [0, 0.1) is 0 Å². The first kappa shape index (κ1) is 16.4. The molecule has 1 aliphatic rings. The van der Waals surface area contributed by atoms with Crippen LogP contribution in [0.25, 0.3) is 0 Å². The number of ether oxygens (including phenoxy) is 1. The van der Waals surface area contributed by atoms with E-state index in [1.165, 1.54) is 6.26 Å². The summed E-state index contributed by atoms with van der Waals surface area (Å²) in [7, 11) is -3.03. The maximum Gasteiger partial charge on any atom is 0.152 e. The van der Waals surface area contributed by atoms with E-state index < -0.39 is 9.84 Å². The van der Waals surface area contributed by atoms with Gasteiger partial charge in [-0.25, -0.2) is 8.42 Å². The lowest BCUT2D eigenvalue weighted by Crippen LogP contribution is -2.34. The van der Waals surface area contributed by atoms with Crippen LogP contribution in [0.15, 0.2) is 18.2 Å². The number of rotatable bonds is 5. The van der Waals surface area contributed by atoms with E-state index in [2.05, 4.69) is 5.32 Å². The quantitative estimate of drug-likeness (QED) is 0.897. The Labute approximate surface area is 131 Å². The largest absolute Gasteiger partial charge is 0.489 e. The standard InChI is InChI=1S/C15H22ClNO3S/c1-10(2)20-14-8-7-11(9-12(14)16)17-13-5-4-6-15(13)21(3,18)19/h7-10,13,15,17H,4-6H2,1-3H3. The van der Waals surface area contributed by atoms with Gasteiger partial charge in [0.25, 0.3) is 0 Å². The highest BCUT2D eigenvalue weighted by Crippen LogP contribution is 2.32. The van der Waals surface area contributed by atoms with Gasteiger partial charge in [0.1, 0.15) is 5.75 Å². The summed E-state index contributed by atoms with van der Waals surface area (Å²) in [6.07, 6.45) is 3.88. The lowest BCUT2D eigenvalue weighted by molar-refractivity contribution is 0.242. The van der Waals surface area contributed by atoms with Crippen molar-refractivity contribution in [3.8, 4) is 5.75 Å². The van der Waals surface area contributed by atoms with E-state index >= 15 is 0 Å². The summed E-state index contributed by atoms with van der Waals surface area (Å²) >= 11 is 6.20. The van der Waals surface area contributed by atoms with Gasteiger partial charge in [-0.3, -0.25) is 0 Å². The molecule has 1 saturated carbocycles. The van der Waals surface area contributed by atoms with Crippen molar-refractivity contribution in [3.05, 3.63) is 23.2 Å². The average molecular weight is 332 g/mol. The van der Waals surface area contributed by atoms with Crippen LogP contribution in [0.1, 0.15) is 33.1 Å². The number of halogens is 1. The maximum absolute atomic E-state index is 11.8. The second kappa shape index (κ2) is 6.44. The lowest BCUT2D eigenvalue weighted by Gasteiger charge is -2.21. The molecule has 0 radical (unpaired) electrons. The summed E-state index contributed by atoms with van der Waals surface area (Å²) in [5, 5.41) is 3.51. The highest BCUT2D eigenvalue weighted by molar-refractivity contribution is 7.91. The van der Waals surface area contributed by atoms with Gasteiger partial charge in [-0.2, -0.15) is 0 Å². The first-order valence-electron chi connectivity index (χ1n) is 7.19. The van der Waals surface area contributed by atoms with Gasteiger partial charge in [-0.05, 0) is 51.3 Å². The molecule has 0 bridgehead atoms. The molecule has 1 aliphatic carbocycles. The smallest absolute Gasteiger partial charge is 0.152 e. The van der Waals surface area contributed by atoms with Gasteiger partial charge in [0.2, 0.25) is 0 Å². The van der Waals surface area contributed by atoms with Crippen molar-refractivity contribution in [2.24, 2.45) is 0 Å². The minimum Gasteiger partial charge on any atom is -0.489 e. The van der Waals surface area contributed by atoms with Crippen LogP contribution < -0.4 is 10.1 Å². The van der Waals surface area contributed by atoms with Crippen LogP contribution in [0.5, 0.6) is 5.75 Å². The summed E-state index contributed by atoms with van der Waals surface area (Å²) < 4.78 is 29.2. The van der Waals surface area contributed by atoms with Crippen molar-refractivity contribution in [3.63, 3.8) is 0 Å². The zero-order valence-corrected chi connectivity index (χ0v) is 14.2. The molecule has 2 atom stereocenters. The normalized spacial score (nSPS) is 22.5. The Balaban J connectivity index is 2.11. The van der Waals surface area contributed by atoms with Gasteiger partial charge in [-0.15, -0.1) is 0 Å². The molecule has 21 heavy (non-hydrogen) atoms. The molecule has 0 heterocycles. The van der Waals surface area contributed by atoms with Gasteiger partial charge in [0, 0.05) is 18.0 Å². The van der Waals surface area contributed by atoms with Crippen LogP contribution in [-0.4, -0.2) is 32.1 Å². The van der Waals surface area contributed by atoms with Crippen LogP contribution in [-0.2, 0) is 9.84 Å². The van der Waals surface area contributed by atoms with Crippen LogP contribution in [0.4, 0.5) is 5.69 Å². The highest BCUT2D eigenvalue weighted by Gasteiger charge is 2.34. The zero-order valence-electron chi connectivity index (χ0n) is 12.6. The summed E-state index contributed by atoms with van der Waals surface area (Å²) in [4.78, 5) is 0. The molecule has 6 heteroatoms. The molecule has 1 aromatic rings. The van der Waals surface area contributed by atoms with Crippen LogP contribution in [0.3, 0.4) is 0 Å². The second-order valence-electron chi connectivity index (χ2n) is 5.86. The minimum atomic E-state index is -3.03. The van der Waals surface area contributed by atoms with Gasteiger partial charge in [0.05, 0.1) is 16.4 Å². The Kier molecular flexibility index (Phi) is 5.04. The van der Waals surface area contributed by atoms with E-state index in [1.54, 1.807) is 6.07 Å². The Bertz CT molecular complexity index is 601. The topological polar surface area (TPSA) is 55.4 Å². The Morgan fingerprint density at radius 1 is 1.33 bits per heavy atom. The Morgan fingerprint density at radius 3 is 2.62 bits per heavy atom. The van der Waals surface area contributed by atoms with E-state index in [1.807, 2.05) is 26.0 Å². The van der Waals surface area contributed by atoms with E-state index in [-0.39, 0.29) is 17.4 Å². The average Bonchev–Trinajstić information content (AvgIpc) is 2.80. The molecule has 0 spiro atoms. The lowest BCUT2D eigenvalue weighted by atomic mass is 10.2. The molecule has 118 valence electrons. The summed E-state index contributed by atoms with van der Waals surface area (Å²) in [6.45, 7) is 3.88. The van der Waals surface area contributed by atoms with Crippen molar-refractivity contribution < 1.29 is 13.2 Å². The first-order chi connectivity index (χ1) is 9.77. The molecular weight excluding hydrogens is 310 g/mol. The third-order valence-corrected chi connectivity index (χ3v) is 5.61. The van der Waals surface area contributed by atoms with E-state index in [9.17, 15) is 8.42 Å². The fraction of sp³-hybridized carbons (Fsp3) is 0.600. The highest BCUT2D eigenvalue weighted by atomic mass is 35.5. The van der Waals surface area contributed by atoms with Gasteiger partial charge < -0.3 is 10.1 Å². The minimum absolute atomic E-state index is 0.0482. The van der Waals surface area contributed by atoms with Gasteiger partial charge >= 0.3 is 0 Å². The van der Waals surface area contributed by atoms with Crippen molar-refractivity contribution >= 4 is 27.1 Å². The monoisotopic (exact) mass is 331 g/mol. The van der Waals surface area contributed by atoms with Crippen molar-refractivity contribution in [1.82, 2.24) is 0 Å². The Hall–Kier alpha value is -0.940. The van der Waals surface area contributed by atoms with Crippen molar-refractivity contribution in [2.75, 3.05) is 11.6 Å². The fourth-order valence-corrected chi connectivity index (χ4v) is 4.38. The van der Waals surface area contributed by atoms with Crippen molar-refractivity contribution in [2.45, 2.75) is 50.5 Å². The van der Waals surface area contributed by atoms with E-state index in [4.69, 9.17) is 16.3 Å². The van der Waals surface area contributed by atoms with Crippen molar-refractivity contribution in [1.29, 1.82) is 0 Å². The molecular formula is C15H22ClNO3S. The predicted molar refractivity (Wildman–Crippen MR) is 87.1 cm³/mol. The first-order valence-corrected chi connectivity index (χ1v) is 9.52. The third kappa shape index (κ3) is 4.27. The molecule has 4 nitrogen and oxygen atoms in total. The van der Waals surface area contributed by atoms with Crippen LogP contribution in [0.2, 0.25) is 5.02 Å². The molecule has 0 amide bonds. The summed E-state index contributed by atoms with van der Waals surface area (Å²) in [6, 6.07) is 5.43. The summed E-state index contributed by atoms with van der Waals surface area (Å²) in [5.41, 5.74) is 0.830. The van der Waals surface area contributed by atoms with Crippen LogP contribution >= 0.6 is 11.6 Å². The fourth-order valence-electron chi connectivity index (χ4n) is 2.76. The molecule has 0 saturated heterocycles. The molecule has 2 unspecified atom stereocenters. The molecule has 0 aliphatic heterocycles. The summed E-state index contributed by atoms with van der Waals surface area (Å²) in [5.74, 6) is 0.642. The molecule has 0 aromatic heterocycles. The van der Waals surface area contributed by atoms with Gasteiger partial charge in [-0.1, -0.05) is 11.6 Å². The predicted octanol–water partition coefficient (Wildman–Crippen LogP) is 3.50. The van der Waals surface area contributed by atoms with E-state index in [0.29, 0.717) is 10.8 Å². The Morgan fingerprint density at radius 2 is 2.05 bits per heavy atom. The molecule has 1 fully saturated rings. The number of anilines is 1. The molecule has 1 N–H and O–H groups in total. The second-order valence-corrected chi connectivity index (χ2v) is 8.53. The molecule has 1 aromatic carbocycles. The maximum atomic E-state index is 11.8. The number of hydrogen-bond acceptors (Lipinski definition) is 4.